The Morgan fingerprint density at radius 1 is 1.12 bits per heavy atom. The second-order valence-corrected chi connectivity index (χ2v) is 9.08. The number of aryl methyl sites for hydroxylation is 2. The highest BCUT2D eigenvalue weighted by Gasteiger charge is 2.47. The van der Waals surface area contributed by atoms with E-state index in [1.54, 1.807) is 0 Å². The number of nitrogens with one attached hydrogen (secondary N) is 1. The van der Waals surface area contributed by atoms with Gasteiger partial charge in [-0.25, -0.2) is 4.79 Å². The molecule has 2 aliphatic heterocycles. The third-order valence-corrected chi connectivity index (χ3v) is 7.04. The van der Waals surface area contributed by atoms with E-state index in [-0.39, 0.29) is 22.7 Å². The Morgan fingerprint density at radius 2 is 1.73 bits per heavy atom. The zero-order valence-electron chi connectivity index (χ0n) is 16.2. The van der Waals surface area contributed by atoms with Crippen molar-refractivity contribution >= 4 is 29.4 Å². The van der Waals surface area contributed by atoms with E-state index in [0.29, 0.717) is 13.1 Å². The van der Waals surface area contributed by atoms with Crippen LogP contribution in [0.25, 0.3) is 0 Å². The molecule has 1 N–H and O–H groups in total. The van der Waals surface area contributed by atoms with Crippen molar-refractivity contribution in [2.24, 2.45) is 5.92 Å². The number of carbonyl (C=O) groups is 2. The van der Waals surface area contributed by atoms with Crippen LogP contribution in [-0.2, 0) is 4.79 Å². The van der Waals surface area contributed by atoms with Crippen molar-refractivity contribution in [2.75, 3.05) is 30.7 Å². The molecule has 1 aromatic rings. The second kappa shape index (κ2) is 7.51. The standard InChI is InChI=1S/C20H29N3O2S/c1-14(2)18(24)23-12-13-26-20(23)8-10-22(11-9-20)19(25)21-17-15(3)6-5-7-16(17)4/h5-7,14H,8-13H2,1-4H3,(H,21,25). The Hall–Kier alpha value is -1.69. The first kappa shape index (κ1) is 19.1. The molecule has 26 heavy (non-hydrogen) atoms. The summed E-state index contributed by atoms with van der Waals surface area (Å²) < 4.78 is 0. The van der Waals surface area contributed by atoms with E-state index >= 15 is 0 Å². The monoisotopic (exact) mass is 375 g/mol. The highest BCUT2D eigenvalue weighted by molar-refractivity contribution is 8.00. The lowest BCUT2D eigenvalue weighted by molar-refractivity contribution is -0.137. The minimum Gasteiger partial charge on any atom is -0.327 e. The molecular formula is C20H29N3O2S. The number of hydrogen-bond acceptors (Lipinski definition) is 3. The molecule has 0 bridgehead atoms. The Morgan fingerprint density at radius 3 is 2.31 bits per heavy atom. The van der Waals surface area contributed by atoms with Gasteiger partial charge in [-0.1, -0.05) is 32.0 Å². The zero-order valence-corrected chi connectivity index (χ0v) is 17.0. The molecule has 0 atom stereocenters. The summed E-state index contributed by atoms with van der Waals surface area (Å²) in [6.07, 6.45) is 1.69. The summed E-state index contributed by atoms with van der Waals surface area (Å²) in [6, 6.07) is 5.99. The molecule has 6 heteroatoms. The predicted molar refractivity (Wildman–Crippen MR) is 107 cm³/mol. The summed E-state index contributed by atoms with van der Waals surface area (Å²) >= 11 is 1.89. The van der Waals surface area contributed by atoms with Crippen molar-refractivity contribution in [1.29, 1.82) is 0 Å². The van der Waals surface area contributed by atoms with E-state index in [9.17, 15) is 9.59 Å². The largest absolute Gasteiger partial charge is 0.327 e. The molecule has 2 heterocycles. The number of hydrogen-bond donors (Lipinski definition) is 1. The number of para-hydroxylation sites is 1. The van der Waals surface area contributed by atoms with Gasteiger partial charge < -0.3 is 15.1 Å². The molecule has 2 fully saturated rings. The molecular weight excluding hydrogens is 346 g/mol. The molecule has 3 rings (SSSR count). The molecule has 142 valence electrons. The number of anilines is 1. The lowest BCUT2D eigenvalue weighted by atomic mass is 10.0. The van der Waals surface area contributed by atoms with Gasteiger partial charge in [-0.05, 0) is 37.8 Å². The predicted octanol–water partition coefficient (Wildman–Crippen LogP) is 3.86. The summed E-state index contributed by atoms with van der Waals surface area (Å²) in [5.74, 6) is 1.26. The molecule has 0 radical (unpaired) electrons. The Balaban J connectivity index is 1.65. The average Bonchev–Trinajstić information content (AvgIpc) is 3.01. The van der Waals surface area contributed by atoms with E-state index in [1.807, 2.05) is 62.6 Å². The quantitative estimate of drug-likeness (QED) is 0.854. The Kier molecular flexibility index (Phi) is 5.51. The van der Waals surface area contributed by atoms with Crippen molar-refractivity contribution in [2.45, 2.75) is 45.4 Å². The van der Waals surface area contributed by atoms with Crippen LogP contribution in [0.5, 0.6) is 0 Å². The molecule has 3 amide bonds. The Labute approximate surface area is 160 Å². The first-order valence-electron chi connectivity index (χ1n) is 9.42. The van der Waals surface area contributed by atoms with Crippen LogP contribution in [0.15, 0.2) is 18.2 Å². The van der Waals surface area contributed by atoms with Crippen molar-refractivity contribution in [1.82, 2.24) is 9.80 Å². The van der Waals surface area contributed by atoms with Crippen LogP contribution in [0.4, 0.5) is 10.5 Å². The van der Waals surface area contributed by atoms with Crippen LogP contribution in [0.2, 0.25) is 0 Å². The molecule has 2 saturated heterocycles. The average molecular weight is 376 g/mol. The first-order chi connectivity index (χ1) is 12.3. The van der Waals surface area contributed by atoms with Gasteiger partial charge in [0.1, 0.15) is 0 Å². The maximum atomic E-state index is 12.7. The van der Waals surface area contributed by atoms with Crippen LogP contribution in [0.3, 0.4) is 0 Å². The fraction of sp³-hybridized carbons (Fsp3) is 0.600. The highest BCUT2D eigenvalue weighted by Crippen LogP contribution is 2.44. The van der Waals surface area contributed by atoms with Crippen LogP contribution < -0.4 is 5.32 Å². The van der Waals surface area contributed by atoms with E-state index in [4.69, 9.17) is 0 Å². The number of likely N-dealkylation sites (tertiary alicyclic amines) is 1. The van der Waals surface area contributed by atoms with Crippen LogP contribution in [-0.4, -0.2) is 52.0 Å². The lowest BCUT2D eigenvalue weighted by Gasteiger charge is -2.44. The smallest absolute Gasteiger partial charge is 0.321 e. The molecule has 0 aliphatic carbocycles. The highest BCUT2D eigenvalue weighted by atomic mass is 32.2. The Bertz CT molecular complexity index is 676. The fourth-order valence-electron chi connectivity index (χ4n) is 3.90. The van der Waals surface area contributed by atoms with Gasteiger partial charge in [-0.15, -0.1) is 11.8 Å². The number of carbonyl (C=O) groups excluding carboxylic acids is 2. The molecule has 2 aliphatic rings. The van der Waals surface area contributed by atoms with Crippen molar-refractivity contribution in [3.63, 3.8) is 0 Å². The van der Waals surface area contributed by atoms with E-state index in [1.165, 1.54) is 0 Å². The number of rotatable bonds is 2. The number of thioether (sulfide) groups is 1. The summed E-state index contributed by atoms with van der Waals surface area (Å²) in [5, 5.41) is 3.08. The number of nitrogens with zero attached hydrogens (tertiary/aromatic N) is 2. The number of urea groups is 1. The molecule has 0 saturated carbocycles. The van der Waals surface area contributed by atoms with Crippen molar-refractivity contribution in [3.05, 3.63) is 29.3 Å². The minimum atomic E-state index is -0.114. The molecule has 0 unspecified atom stereocenters. The maximum Gasteiger partial charge on any atom is 0.321 e. The number of benzene rings is 1. The van der Waals surface area contributed by atoms with Gasteiger partial charge in [0.25, 0.3) is 0 Å². The van der Waals surface area contributed by atoms with Gasteiger partial charge >= 0.3 is 6.03 Å². The van der Waals surface area contributed by atoms with Gasteiger partial charge in [0.15, 0.2) is 0 Å². The lowest BCUT2D eigenvalue weighted by Crippen LogP contribution is -2.55. The van der Waals surface area contributed by atoms with Gasteiger partial charge in [0.2, 0.25) is 5.91 Å². The summed E-state index contributed by atoms with van der Waals surface area (Å²) in [7, 11) is 0. The van der Waals surface area contributed by atoms with E-state index < -0.39 is 0 Å². The van der Waals surface area contributed by atoms with Crippen LogP contribution in [0.1, 0.15) is 37.8 Å². The van der Waals surface area contributed by atoms with Crippen LogP contribution in [0, 0.1) is 19.8 Å². The zero-order chi connectivity index (χ0) is 18.9. The topological polar surface area (TPSA) is 52.7 Å². The van der Waals surface area contributed by atoms with Gasteiger partial charge in [-0.3, -0.25) is 4.79 Å². The SMILES string of the molecule is Cc1cccc(C)c1NC(=O)N1CCC2(CC1)SCCN2C(=O)C(C)C. The molecule has 1 spiro atoms. The summed E-state index contributed by atoms with van der Waals surface area (Å²) in [6.45, 7) is 10.2. The van der Waals surface area contributed by atoms with Crippen LogP contribution >= 0.6 is 11.8 Å². The fourth-order valence-corrected chi connectivity index (χ4v) is 5.36. The molecule has 5 nitrogen and oxygen atoms in total. The minimum absolute atomic E-state index is 0.0240. The number of piperidine rings is 1. The third-order valence-electron chi connectivity index (χ3n) is 5.48. The normalized spacial score (nSPS) is 19.3. The summed E-state index contributed by atoms with van der Waals surface area (Å²) in [4.78, 5) is 29.1. The second-order valence-electron chi connectivity index (χ2n) is 7.62. The van der Waals surface area contributed by atoms with Gasteiger partial charge in [0.05, 0.1) is 4.87 Å². The van der Waals surface area contributed by atoms with Gasteiger partial charge in [0, 0.05) is 37.0 Å². The third kappa shape index (κ3) is 3.56. The number of amides is 3. The molecule has 1 aromatic carbocycles. The van der Waals surface area contributed by atoms with Gasteiger partial charge in [-0.2, -0.15) is 0 Å². The van der Waals surface area contributed by atoms with Crippen molar-refractivity contribution in [3.8, 4) is 0 Å². The first-order valence-corrected chi connectivity index (χ1v) is 10.4. The summed E-state index contributed by atoms with van der Waals surface area (Å²) in [5.41, 5.74) is 3.06. The van der Waals surface area contributed by atoms with E-state index in [0.717, 1.165) is 42.0 Å². The van der Waals surface area contributed by atoms with Crippen molar-refractivity contribution < 1.29 is 9.59 Å². The van der Waals surface area contributed by atoms with E-state index in [2.05, 4.69) is 10.2 Å². The molecule has 0 aromatic heterocycles. The maximum absolute atomic E-state index is 12.7.